The van der Waals surface area contributed by atoms with Gasteiger partial charge in [-0.1, -0.05) is 12.1 Å². The minimum absolute atomic E-state index is 0.00234. The maximum absolute atomic E-state index is 14.1. The number of halogens is 2. The Labute approximate surface area is 240 Å². The van der Waals surface area contributed by atoms with Crippen LogP contribution in [0, 0.1) is 11.6 Å². The molecule has 3 amide bonds. The molecular formula is C30H29F2N5O5. The van der Waals surface area contributed by atoms with Crippen molar-refractivity contribution in [1.29, 1.82) is 0 Å². The highest BCUT2D eigenvalue weighted by atomic mass is 19.1. The van der Waals surface area contributed by atoms with Crippen LogP contribution in [0.15, 0.2) is 54.7 Å². The number of piperazine rings is 1. The number of fused-ring (bicyclic) bond motifs is 3. The smallest absolute Gasteiger partial charge is 0.248 e. The highest BCUT2D eigenvalue weighted by Gasteiger charge is 2.52. The number of benzene rings is 2. The first-order valence-electron chi connectivity index (χ1n) is 13.5. The molecule has 0 radical (unpaired) electrons. The van der Waals surface area contributed by atoms with Gasteiger partial charge in [0.1, 0.15) is 29.5 Å². The summed E-state index contributed by atoms with van der Waals surface area (Å²) in [7, 11) is 1.51. The first kappa shape index (κ1) is 27.9. The molecule has 3 heterocycles. The quantitative estimate of drug-likeness (QED) is 0.349. The third kappa shape index (κ3) is 4.34. The number of aliphatic hydroxyl groups excluding tert-OH is 2. The lowest BCUT2D eigenvalue weighted by Crippen LogP contribution is -2.69. The van der Waals surface area contributed by atoms with Crippen LogP contribution in [0.3, 0.4) is 0 Å². The molecule has 2 aromatic carbocycles. The van der Waals surface area contributed by atoms with Gasteiger partial charge >= 0.3 is 0 Å². The van der Waals surface area contributed by atoms with Crippen LogP contribution in [0.4, 0.5) is 20.3 Å². The van der Waals surface area contributed by atoms with E-state index in [1.165, 1.54) is 11.9 Å². The van der Waals surface area contributed by atoms with Crippen LogP contribution >= 0.6 is 0 Å². The standard InChI is InChI=1S/C30H29F2N5O5/c1-36-13-24(18-7-20(31)10-21(32)8-18)37(28(42)30(36,15-38)16-39)14-25(40)34-22-5-4-17-11-29(12-19(17)9-22)23-3-2-6-33-26(23)35-27(29)41/h2-10,24,38-39H,11-16H2,1H3,(H,34,40)(H,33,35,41)/t24-,29+/m0/s1. The van der Waals surface area contributed by atoms with Crippen molar-refractivity contribution in [1.82, 2.24) is 14.8 Å². The van der Waals surface area contributed by atoms with E-state index in [1.807, 2.05) is 12.1 Å². The summed E-state index contributed by atoms with van der Waals surface area (Å²) < 4.78 is 28.2. The van der Waals surface area contributed by atoms with Gasteiger partial charge in [-0.05, 0) is 66.9 Å². The molecule has 218 valence electrons. The molecule has 1 aliphatic carbocycles. The molecule has 1 spiro atoms. The van der Waals surface area contributed by atoms with E-state index >= 15 is 0 Å². The number of pyridine rings is 1. The Kier molecular flexibility index (Phi) is 6.79. The zero-order valence-corrected chi connectivity index (χ0v) is 22.7. The summed E-state index contributed by atoms with van der Waals surface area (Å²) in [5.41, 5.74) is 0.801. The van der Waals surface area contributed by atoms with Crippen LogP contribution in [0.5, 0.6) is 0 Å². The Morgan fingerprint density at radius 3 is 2.50 bits per heavy atom. The Morgan fingerprint density at radius 1 is 1.07 bits per heavy atom. The van der Waals surface area contributed by atoms with E-state index in [1.54, 1.807) is 24.4 Å². The number of amides is 3. The molecule has 1 fully saturated rings. The van der Waals surface area contributed by atoms with Crippen molar-refractivity contribution in [2.75, 3.05) is 44.0 Å². The highest BCUT2D eigenvalue weighted by molar-refractivity contribution is 6.06. The summed E-state index contributed by atoms with van der Waals surface area (Å²) in [6, 6.07) is 11.0. The lowest BCUT2D eigenvalue weighted by Gasteiger charge is -2.50. The lowest BCUT2D eigenvalue weighted by molar-refractivity contribution is -0.164. The average Bonchev–Trinajstić information content (AvgIpc) is 3.47. The number of carbonyl (C=O) groups excluding carboxylic acids is 3. The average molecular weight is 578 g/mol. The molecular weight excluding hydrogens is 548 g/mol. The van der Waals surface area contributed by atoms with Crippen LogP contribution in [0.25, 0.3) is 0 Å². The van der Waals surface area contributed by atoms with Crippen molar-refractivity contribution in [3.05, 3.63) is 88.6 Å². The molecule has 0 saturated carbocycles. The van der Waals surface area contributed by atoms with Gasteiger partial charge in [0.2, 0.25) is 17.7 Å². The second kappa shape index (κ2) is 10.2. The monoisotopic (exact) mass is 577 g/mol. The van der Waals surface area contributed by atoms with Crippen molar-refractivity contribution in [3.63, 3.8) is 0 Å². The van der Waals surface area contributed by atoms with Crippen LogP contribution in [0.1, 0.15) is 28.3 Å². The molecule has 4 N–H and O–H groups in total. The largest absolute Gasteiger partial charge is 0.394 e. The number of hydrogen-bond donors (Lipinski definition) is 4. The first-order valence-corrected chi connectivity index (χ1v) is 13.5. The van der Waals surface area contributed by atoms with Crippen molar-refractivity contribution in [2.45, 2.75) is 29.8 Å². The maximum Gasteiger partial charge on any atom is 0.248 e. The molecule has 0 unspecified atom stereocenters. The molecule has 12 heteroatoms. The number of aromatic nitrogens is 1. The highest BCUT2D eigenvalue weighted by Crippen LogP contribution is 2.47. The number of rotatable bonds is 6. The van der Waals surface area contributed by atoms with E-state index in [0.717, 1.165) is 33.7 Å². The fourth-order valence-electron chi connectivity index (χ4n) is 6.47. The van der Waals surface area contributed by atoms with E-state index in [4.69, 9.17) is 0 Å². The number of anilines is 2. The summed E-state index contributed by atoms with van der Waals surface area (Å²) in [4.78, 5) is 46.8. The second-order valence-electron chi connectivity index (χ2n) is 11.2. The number of nitrogens with one attached hydrogen (secondary N) is 2. The Hall–Kier alpha value is -4.26. The summed E-state index contributed by atoms with van der Waals surface area (Å²) in [6.07, 6.45) is 2.54. The van der Waals surface area contributed by atoms with Gasteiger partial charge in [0, 0.05) is 30.1 Å². The van der Waals surface area contributed by atoms with Crippen molar-refractivity contribution in [3.8, 4) is 0 Å². The lowest BCUT2D eigenvalue weighted by atomic mass is 9.79. The number of hydrogen-bond acceptors (Lipinski definition) is 7. The van der Waals surface area contributed by atoms with E-state index < -0.39 is 60.2 Å². The Balaban J connectivity index is 1.25. The summed E-state index contributed by atoms with van der Waals surface area (Å²) >= 11 is 0. The van der Waals surface area contributed by atoms with Crippen LogP contribution < -0.4 is 10.6 Å². The predicted octanol–water partition coefficient (Wildman–Crippen LogP) is 1.53. The summed E-state index contributed by atoms with van der Waals surface area (Å²) in [6.45, 7) is -1.94. The van der Waals surface area contributed by atoms with Crippen LogP contribution in [-0.4, -0.2) is 81.6 Å². The van der Waals surface area contributed by atoms with Crippen LogP contribution in [0.2, 0.25) is 0 Å². The van der Waals surface area contributed by atoms with E-state index in [-0.39, 0.29) is 18.0 Å². The Morgan fingerprint density at radius 2 is 1.79 bits per heavy atom. The molecule has 1 saturated heterocycles. The molecule has 2 aliphatic heterocycles. The van der Waals surface area contributed by atoms with Crippen molar-refractivity contribution < 1.29 is 33.4 Å². The third-order valence-corrected chi connectivity index (χ3v) is 8.78. The number of carbonyl (C=O) groups is 3. The fraction of sp³-hybridized carbons (Fsp3) is 0.333. The molecule has 10 nitrogen and oxygen atoms in total. The number of nitrogens with zero attached hydrogens (tertiary/aromatic N) is 3. The van der Waals surface area contributed by atoms with Gasteiger partial charge < -0.3 is 25.7 Å². The zero-order valence-electron chi connectivity index (χ0n) is 22.7. The van der Waals surface area contributed by atoms with Crippen molar-refractivity contribution in [2.24, 2.45) is 0 Å². The molecule has 6 rings (SSSR count). The van der Waals surface area contributed by atoms with Gasteiger partial charge in [-0.3, -0.25) is 19.3 Å². The molecule has 1 aromatic heterocycles. The minimum Gasteiger partial charge on any atom is -0.394 e. The van der Waals surface area contributed by atoms with Gasteiger partial charge in [0.15, 0.2) is 0 Å². The van der Waals surface area contributed by atoms with E-state index in [9.17, 15) is 33.4 Å². The van der Waals surface area contributed by atoms with Gasteiger partial charge in [-0.2, -0.15) is 0 Å². The molecule has 2 atom stereocenters. The number of aliphatic hydroxyl groups is 2. The van der Waals surface area contributed by atoms with E-state index in [2.05, 4.69) is 15.6 Å². The van der Waals surface area contributed by atoms with Crippen LogP contribution in [-0.2, 0) is 32.6 Å². The molecule has 3 aliphatic rings. The summed E-state index contributed by atoms with van der Waals surface area (Å²) in [5, 5.41) is 25.8. The van der Waals surface area contributed by atoms with Gasteiger partial charge in [0.25, 0.3) is 0 Å². The SMILES string of the molecule is CN1C[C@@H](c2cc(F)cc(F)c2)N(CC(=O)Nc2ccc3c(c2)C[C@@]2(C3)C(=O)Nc3ncccc32)C(=O)C1(CO)CO. The van der Waals surface area contributed by atoms with Gasteiger partial charge in [-0.15, -0.1) is 0 Å². The topological polar surface area (TPSA) is 135 Å². The van der Waals surface area contributed by atoms with Gasteiger partial charge in [-0.25, -0.2) is 13.8 Å². The first-order chi connectivity index (χ1) is 20.1. The summed E-state index contributed by atoms with van der Waals surface area (Å²) in [5.74, 6) is -2.58. The second-order valence-corrected chi connectivity index (χ2v) is 11.2. The Bertz CT molecular complexity index is 1590. The third-order valence-electron chi connectivity index (χ3n) is 8.78. The normalized spacial score (nSPS) is 22.7. The molecule has 3 aromatic rings. The maximum atomic E-state index is 14.1. The minimum atomic E-state index is -1.71. The van der Waals surface area contributed by atoms with Gasteiger partial charge in [0.05, 0.1) is 24.7 Å². The number of likely N-dealkylation sites (N-methyl/N-ethyl adjacent to an activating group) is 1. The molecule has 42 heavy (non-hydrogen) atoms. The zero-order chi connectivity index (χ0) is 29.8. The molecule has 0 bridgehead atoms. The van der Waals surface area contributed by atoms with Crippen molar-refractivity contribution >= 4 is 29.2 Å². The fourth-order valence-corrected chi connectivity index (χ4v) is 6.47. The predicted molar refractivity (Wildman–Crippen MR) is 147 cm³/mol. The van der Waals surface area contributed by atoms with E-state index in [0.29, 0.717) is 30.4 Å².